The molecule has 4 heteroatoms. The standard InChI is InChI=1S/C6H12.2C5H11N.C4H10N2/c4*1-2-4-6-5-3-1/h1-6H2;2*6H,1-5H2;5-6H,1-4H2. The Morgan fingerprint density at radius 2 is 0.500 bits per heavy atom. The summed E-state index contributed by atoms with van der Waals surface area (Å²) in [5.41, 5.74) is 6.07. The van der Waals surface area contributed by atoms with Crippen LogP contribution in [-0.4, -0.2) is 39.3 Å². The molecule has 4 fully saturated rings. The molecule has 3 heterocycles. The lowest BCUT2D eigenvalue weighted by Gasteiger charge is -2.10. The average molecular weight is 341 g/mol. The van der Waals surface area contributed by atoms with E-state index in [1.807, 2.05) is 0 Å². The zero-order chi connectivity index (χ0) is 17.0. The summed E-state index contributed by atoms with van der Waals surface area (Å²) in [4.78, 5) is 0. The summed E-state index contributed by atoms with van der Waals surface area (Å²) in [6, 6.07) is 0. The van der Waals surface area contributed by atoms with Gasteiger partial charge in [0.15, 0.2) is 0 Å². The normalized spacial score (nSPS) is 24.0. The molecule has 0 radical (unpaired) electrons. The third kappa shape index (κ3) is 16.7. The molecule has 24 heavy (non-hydrogen) atoms. The van der Waals surface area contributed by atoms with Crippen molar-refractivity contribution in [2.75, 3.05) is 39.3 Å². The summed E-state index contributed by atoms with van der Waals surface area (Å²) in [5.74, 6) is 0. The largest absolute Gasteiger partial charge is 0.317 e. The molecule has 0 aromatic carbocycles. The first-order valence-electron chi connectivity index (χ1n) is 10.9. The van der Waals surface area contributed by atoms with Gasteiger partial charge in [0, 0.05) is 13.1 Å². The second-order valence-corrected chi connectivity index (χ2v) is 7.30. The third-order valence-electron chi connectivity index (χ3n) is 4.89. The Bertz CT molecular complexity index is 126. The van der Waals surface area contributed by atoms with Crippen molar-refractivity contribution in [3.8, 4) is 0 Å². The topological polar surface area (TPSA) is 48.1 Å². The first-order valence-corrected chi connectivity index (χ1v) is 10.9. The van der Waals surface area contributed by atoms with Crippen molar-refractivity contribution in [2.24, 2.45) is 0 Å². The van der Waals surface area contributed by atoms with Crippen LogP contribution in [-0.2, 0) is 0 Å². The molecule has 0 unspecified atom stereocenters. The number of hydrazine groups is 1. The number of hydrogen-bond donors (Lipinski definition) is 4. The van der Waals surface area contributed by atoms with Crippen molar-refractivity contribution in [1.82, 2.24) is 21.5 Å². The van der Waals surface area contributed by atoms with Gasteiger partial charge >= 0.3 is 0 Å². The summed E-state index contributed by atoms with van der Waals surface area (Å²) < 4.78 is 0. The predicted octanol–water partition coefficient (Wildman–Crippen LogP) is 3.73. The van der Waals surface area contributed by atoms with E-state index in [-0.39, 0.29) is 0 Å². The van der Waals surface area contributed by atoms with E-state index in [9.17, 15) is 0 Å². The lowest BCUT2D eigenvalue weighted by Crippen LogP contribution is -2.37. The van der Waals surface area contributed by atoms with Crippen LogP contribution >= 0.6 is 0 Å². The maximum absolute atomic E-state index is 3.28. The van der Waals surface area contributed by atoms with Crippen molar-refractivity contribution in [1.29, 1.82) is 0 Å². The Hall–Kier alpha value is -0.160. The Balaban J connectivity index is 0.000000160. The van der Waals surface area contributed by atoms with Crippen LogP contribution in [0.15, 0.2) is 0 Å². The molecule has 1 saturated carbocycles. The van der Waals surface area contributed by atoms with E-state index >= 15 is 0 Å². The van der Waals surface area contributed by atoms with E-state index in [1.54, 1.807) is 0 Å². The quantitative estimate of drug-likeness (QED) is 0.543. The Kier molecular flexibility index (Phi) is 17.5. The van der Waals surface area contributed by atoms with Crippen LogP contribution in [0.5, 0.6) is 0 Å². The average Bonchev–Trinajstić information content (AvgIpc) is 2.75. The second-order valence-electron chi connectivity index (χ2n) is 7.30. The van der Waals surface area contributed by atoms with Gasteiger partial charge in [0.05, 0.1) is 0 Å². The zero-order valence-corrected chi connectivity index (χ0v) is 16.1. The van der Waals surface area contributed by atoms with Crippen molar-refractivity contribution < 1.29 is 0 Å². The van der Waals surface area contributed by atoms with Crippen LogP contribution in [0.4, 0.5) is 0 Å². The highest BCUT2D eigenvalue weighted by atomic mass is 15.4. The van der Waals surface area contributed by atoms with Crippen LogP contribution in [0.3, 0.4) is 0 Å². The maximum atomic E-state index is 3.28. The van der Waals surface area contributed by atoms with E-state index in [2.05, 4.69) is 21.5 Å². The van der Waals surface area contributed by atoms with Crippen LogP contribution < -0.4 is 21.5 Å². The predicted molar refractivity (Wildman–Crippen MR) is 106 cm³/mol. The summed E-state index contributed by atoms with van der Waals surface area (Å²) in [7, 11) is 0. The van der Waals surface area contributed by atoms with Gasteiger partial charge in [-0.1, -0.05) is 51.4 Å². The molecule has 4 rings (SSSR count). The van der Waals surface area contributed by atoms with Gasteiger partial charge in [-0.05, 0) is 64.7 Å². The minimum absolute atomic E-state index is 1.14. The van der Waals surface area contributed by atoms with Crippen molar-refractivity contribution in [2.45, 2.75) is 89.9 Å². The highest BCUT2D eigenvalue weighted by Crippen LogP contribution is 2.15. The number of piperidine rings is 2. The first-order chi connectivity index (χ1) is 12.0. The summed E-state index contributed by atoms with van der Waals surface area (Å²) >= 11 is 0. The first kappa shape index (κ1) is 21.9. The smallest absolute Gasteiger partial charge is 0.0100 e. The van der Waals surface area contributed by atoms with E-state index in [4.69, 9.17) is 0 Å². The van der Waals surface area contributed by atoms with Gasteiger partial charge in [0.25, 0.3) is 0 Å². The van der Waals surface area contributed by atoms with Crippen LogP contribution in [0, 0.1) is 0 Å². The Morgan fingerprint density at radius 3 is 0.625 bits per heavy atom. The van der Waals surface area contributed by atoms with Gasteiger partial charge in [-0.15, -0.1) is 0 Å². The van der Waals surface area contributed by atoms with Gasteiger partial charge < -0.3 is 10.6 Å². The monoisotopic (exact) mass is 340 g/mol. The van der Waals surface area contributed by atoms with E-state index in [0.29, 0.717) is 0 Å². The van der Waals surface area contributed by atoms with Crippen molar-refractivity contribution in [3.63, 3.8) is 0 Å². The zero-order valence-electron chi connectivity index (χ0n) is 16.1. The SMILES string of the molecule is C1CCCCC1.C1CCNCC1.C1CCNCC1.C1CCNNC1. The molecule has 1 aliphatic carbocycles. The molecule has 0 aromatic heterocycles. The molecular weight excluding hydrogens is 296 g/mol. The summed E-state index contributed by atoms with van der Waals surface area (Å²) in [6.07, 6.45) is 20.1. The number of rotatable bonds is 0. The van der Waals surface area contributed by atoms with Gasteiger partial charge in [0.1, 0.15) is 0 Å². The number of nitrogens with one attached hydrogen (secondary N) is 4. The molecular formula is C20H44N4. The molecule has 0 aromatic rings. The highest BCUT2D eigenvalue weighted by Gasteiger charge is 1.96. The Labute approximate surface area is 151 Å². The molecule has 4 nitrogen and oxygen atoms in total. The molecule has 0 amide bonds. The lowest BCUT2D eigenvalue weighted by molar-refractivity contribution is 0.443. The fraction of sp³-hybridized carbons (Fsp3) is 1.00. The van der Waals surface area contributed by atoms with Crippen molar-refractivity contribution in [3.05, 3.63) is 0 Å². The minimum Gasteiger partial charge on any atom is -0.317 e. The maximum Gasteiger partial charge on any atom is 0.0100 e. The molecule has 0 bridgehead atoms. The van der Waals surface area contributed by atoms with Crippen molar-refractivity contribution >= 4 is 0 Å². The highest BCUT2D eigenvalue weighted by molar-refractivity contribution is 4.55. The minimum atomic E-state index is 1.14. The molecule has 0 spiro atoms. The van der Waals surface area contributed by atoms with Gasteiger partial charge in [-0.25, -0.2) is 0 Å². The fourth-order valence-corrected chi connectivity index (χ4v) is 3.27. The van der Waals surface area contributed by atoms with Crippen LogP contribution in [0.25, 0.3) is 0 Å². The van der Waals surface area contributed by atoms with Crippen LogP contribution in [0.2, 0.25) is 0 Å². The van der Waals surface area contributed by atoms with E-state index < -0.39 is 0 Å². The molecule has 3 aliphatic heterocycles. The van der Waals surface area contributed by atoms with E-state index in [1.165, 1.54) is 116 Å². The molecule has 3 saturated heterocycles. The molecule has 0 atom stereocenters. The van der Waals surface area contributed by atoms with Gasteiger partial charge in [-0.3, -0.25) is 10.9 Å². The fourth-order valence-electron chi connectivity index (χ4n) is 3.27. The second kappa shape index (κ2) is 19.2. The Morgan fingerprint density at radius 1 is 0.250 bits per heavy atom. The third-order valence-corrected chi connectivity index (χ3v) is 4.89. The van der Waals surface area contributed by atoms with E-state index in [0.717, 1.165) is 13.1 Å². The molecule has 4 aliphatic rings. The lowest BCUT2D eigenvalue weighted by atomic mass is 10.0. The van der Waals surface area contributed by atoms with Gasteiger partial charge in [0.2, 0.25) is 0 Å². The van der Waals surface area contributed by atoms with Gasteiger partial charge in [-0.2, -0.15) is 0 Å². The molecule has 144 valence electrons. The summed E-state index contributed by atoms with van der Waals surface area (Å²) in [6.45, 7) is 7.28. The van der Waals surface area contributed by atoms with Crippen LogP contribution in [0.1, 0.15) is 89.9 Å². The summed E-state index contributed by atoms with van der Waals surface area (Å²) in [5, 5.41) is 6.57. The number of hydrogen-bond acceptors (Lipinski definition) is 4. The molecule has 4 N–H and O–H groups in total.